The van der Waals surface area contributed by atoms with E-state index in [0.717, 1.165) is 42.1 Å². The maximum atomic E-state index is 13.1. The third-order valence-corrected chi connectivity index (χ3v) is 5.95. The summed E-state index contributed by atoms with van der Waals surface area (Å²) in [5.41, 5.74) is 2.26. The number of alkyl halides is 3. The zero-order valence-electron chi connectivity index (χ0n) is 17.3. The van der Waals surface area contributed by atoms with Crippen molar-refractivity contribution in [2.24, 2.45) is 0 Å². The molecule has 0 bridgehead atoms. The van der Waals surface area contributed by atoms with Crippen LogP contribution in [0.25, 0.3) is 0 Å². The van der Waals surface area contributed by atoms with Crippen molar-refractivity contribution in [2.75, 3.05) is 16.8 Å². The zero-order chi connectivity index (χ0) is 22.6. The van der Waals surface area contributed by atoms with Crippen LogP contribution in [0.5, 0.6) is 0 Å². The van der Waals surface area contributed by atoms with Crippen LogP contribution in [0.3, 0.4) is 0 Å². The van der Waals surface area contributed by atoms with Crippen LogP contribution in [-0.2, 0) is 23.9 Å². The molecule has 0 spiro atoms. The molecule has 6 nitrogen and oxygen atoms in total. The fourth-order valence-electron chi connectivity index (χ4n) is 4.33. The van der Waals surface area contributed by atoms with Gasteiger partial charge in [0, 0.05) is 25.1 Å². The number of hydrogen-bond acceptors (Lipinski definition) is 3. The number of anilines is 2. The van der Waals surface area contributed by atoms with Crippen LogP contribution in [0.4, 0.5) is 24.5 Å². The molecular weight excluding hydrogens is 421 g/mol. The summed E-state index contributed by atoms with van der Waals surface area (Å²) in [4.78, 5) is 28.8. The standard InChI is InChI=1S/C23H19F3N4O2/c1-2-3-19-28-20-21(31)27-17-11-14(5-7-18(17)30(19)20)22(32)29-9-8-13-4-6-16(23(24,25)26)10-15(13)12-29/h4-7,10-11H,2-3,8-9,12H2,1H3/p+1. The summed E-state index contributed by atoms with van der Waals surface area (Å²) in [5.74, 6) is 0.540. The van der Waals surface area contributed by atoms with Gasteiger partial charge in [-0.15, -0.1) is 0 Å². The fraction of sp³-hybridized carbons (Fsp3) is 0.304. The predicted molar refractivity (Wildman–Crippen MR) is 114 cm³/mol. The van der Waals surface area contributed by atoms with Gasteiger partial charge in [0.1, 0.15) is 5.69 Å². The van der Waals surface area contributed by atoms with Crippen LogP contribution in [0.1, 0.15) is 46.8 Å². The van der Waals surface area contributed by atoms with Crippen molar-refractivity contribution in [2.45, 2.75) is 38.9 Å². The lowest BCUT2D eigenvalue weighted by molar-refractivity contribution is -0.137. The van der Waals surface area contributed by atoms with E-state index in [1.807, 2.05) is 11.8 Å². The van der Waals surface area contributed by atoms with Crippen molar-refractivity contribution >= 4 is 34.9 Å². The number of halogens is 3. The van der Waals surface area contributed by atoms with Gasteiger partial charge >= 0.3 is 23.8 Å². The van der Waals surface area contributed by atoms with Crippen LogP contribution in [0.15, 0.2) is 36.4 Å². The largest absolute Gasteiger partial charge is 0.416 e. The second-order valence-electron chi connectivity index (χ2n) is 8.08. The molecule has 0 fully saturated rings. The zero-order valence-corrected chi connectivity index (χ0v) is 17.3. The van der Waals surface area contributed by atoms with Gasteiger partial charge in [-0.2, -0.15) is 18.1 Å². The van der Waals surface area contributed by atoms with Gasteiger partial charge in [0.2, 0.25) is 0 Å². The Morgan fingerprint density at radius 2 is 1.97 bits per heavy atom. The van der Waals surface area contributed by atoms with Crippen molar-refractivity contribution in [3.63, 3.8) is 0 Å². The number of carbonyl (C=O) groups is 2. The van der Waals surface area contributed by atoms with Crippen molar-refractivity contribution in [1.82, 2.24) is 9.57 Å². The number of hydrogen-bond donors (Lipinski definition) is 1. The molecule has 0 saturated carbocycles. The monoisotopic (exact) mass is 441 g/mol. The van der Waals surface area contributed by atoms with E-state index in [-0.39, 0.29) is 18.4 Å². The topological polar surface area (TPSA) is 66.8 Å². The Balaban J connectivity index is 1.39. The summed E-state index contributed by atoms with van der Waals surface area (Å²) >= 11 is 0. The Bertz CT molecular complexity index is 1230. The minimum atomic E-state index is -4.43. The summed E-state index contributed by atoms with van der Waals surface area (Å²) in [6.45, 7) is 2.55. The van der Waals surface area contributed by atoms with E-state index < -0.39 is 11.7 Å². The van der Waals surface area contributed by atoms with E-state index >= 15 is 0 Å². The smallest absolute Gasteiger partial charge is 0.334 e. The summed E-state index contributed by atoms with van der Waals surface area (Å²) < 4.78 is 43.5. The Morgan fingerprint density at radius 1 is 1.16 bits per heavy atom. The van der Waals surface area contributed by atoms with Crippen molar-refractivity contribution in [3.05, 3.63) is 58.7 Å². The Hall–Kier alpha value is -3.58. The maximum absolute atomic E-state index is 13.1. The molecule has 3 heterocycles. The fourth-order valence-corrected chi connectivity index (χ4v) is 4.33. The Morgan fingerprint density at radius 3 is 2.72 bits per heavy atom. The number of amides is 2. The van der Waals surface area contributed by atoms with E-state index in [0.29, 0.717) is 35.6 Å². The number of rotatable bonds is 3. The van der Waals surface area contributed by atoms with Gasteiger partial charge in [-0.1, -0.05) is 13.0 Å². The van der Waals surface area contributed by atoms with Crippen molar-refractivity contribution in [3.8, 4) is 0 Å². The molecule has 0 aliphatic carbocycles. The maximum Gasteiger partial charge on any atom is 0.416 e. The summed E-state index contributed by atoms with van der Waals surface area (Å²) in [6.07, 6.45) is -2.30. The van der Waals surface area contributed by atoms with Crippen molar-refractivity contribution < 1.29 is 22.8 Å². The molecule has 0 atom stereocenters. The van der Waals surface area contributed by atoms with Crippen LogP contribution >= 0.6 is 0 Å². The highest BCUT2D eigenvalue weighted by Crippen LogP contribution is 2.35. The van der Waals surface area contributed by atoms with Crippen LogP contribution < -0.4 is 14.9 Å². The lowest BCUT2D eigenvalue weighted by Crippen LogP contribution is -2.56. The molecule has 0 unspecified atom stereocenters. The van der Waals surface area contributed by atoms with Gasteiger partial charge in [-0.25, -0.2) is 4.67 Å². The molecular formula is C23H20F3N4O2+. The molecule has 2 amide bonds. The number of carbonyl (C=O) groups excluding carboxylic acids is 2. The number of nitrogens with one attached hydrogen (secondary N) is 1. The van der Waals surface area contributed by atoms with E-state index in [2.05, 4.69) is 9.98 Å². The van der Waals surface area contributed by atoms with Gasteiger partial charge in [0.25, 0.3) is 5.91 Å². The minimum absolute atomic E-state index is 0.110. The van der Waals surface area contributed by atoms with Gasteiger partial charge in [0.15, 0.2) is 0 Å². The Kier molecular flexibility index (Phi) is 4.60. The van der Waals surface area contributed by atoms with Gasteiger partial charge in [0.05, 0.1) is 11.3 Å². The average molecular weight is 441 g/mol. The van der Waals surface area contributed by atoms with Crippen LogP contribution in [0, 0.1) is 0 Å². The lowest BCUT2D eigenvalue weighted by Gasteiger charge is -2.31. The SMILES string of the molecule is CCCC1=[N+]=C2C(=O)Nc3cc(C(=O)N4CCc5ccc(C(F)(F)F)cc5C4)ccc3N12. The summed E-state index contributed by atoms with van der Waals surface area (Å²) in [7, 11) is 0. The van der Waals surface area contributed by atoms with Gasteiger partial charge < -0.3 is 10.2 Å². The van der Waals surface area contributed by atoms with Gasteiger partial charge in [-0.3, -0.25) is 9.59 Å². The first-order chi connectivity index (χ1) is 15.3. The molecule has 164 valence electrons. The van der Waals surface area contributed by atoms with Crippen molar-refractivity contribution in [1.29, 1.82) is 0 Å². The minimum Gasteiger partial charge on any atom is -0.334 e. The third-order valence-electron chi connectivity index (χ3n) is 5.95. The average Bonchev–Trinajstić information content (AvgIpc) is 2.75. The second-order valence-corrected chi connectivity index (χ2v) is 8.08. The highest BCUT2D eigenvalue weighted by molar-refractivity contribution is 6.56. The Labute approximate surface area is 182 Å². The highest BCUT2D eigenvalue weighted by Gasteiger charge is 2.45. The predicted octanol–water partition coefficient (Wildman–Crippen LogP) is 3.34. The molecule has 0 aromatic heterocycles. The highest BCUT2D eigenvalue weighted by atomic mass is 19.4. The summed E-state index contributed by atoms with van der Waals surface area (Å²) in [6, 6.07) is 8.77. The quantitative estimate of drug-likeness (QED) is 0.743. The molecule has 1 N–H and O–H groups in total. The van der Waals surface area contributed by atoms with E-state index in [1.54, 1.807) is 23.1 Å². The molecule has 3 aliphatic heterocycles. The molecule has 3 aliphatic rings. The molecule has 32 heavy (non-hydrogen) atoms. The van der Waals surface area contributed by atoms with Crippen LogP contribution in [-0.4, -0.2) is 34.9 Å². The molecule has 0 radical (unpaired) electrons. The van der Waals surface area contributed by atoms with E-state index in [9.17, 15) is 22.8 Å². The van der Waals surface area contributed by atoms with Gasteiger partial charge in [-0.05, 0) is 54.3 Å². The first-order valence-electron chi connectivity index (χ1n) is 10.4. The normalized spacial score (nSPS) is 16.8. The molecule has 2 aromatic carbocycles. The van der Waals surface area contributed by atoms with E-state index in [4.69, 9.17) is 0 Å². The lowest BCUT2D eigenvalue weighted by atomic mass is 9.96. The van der Waals surface area contributed by atoms with E-state index in [1.165, 1.54) is 6.07 Å². The number of amidine groups is 2. The summed E-state index contributed by atoms with van der Waals surface area (Å²) in [5, 5.41) is 2.77. The number of fused-ring (bicyclic) bond motifs is 4. The number of nitrogens with zero attached hydrogens (tertiary/aromatic N) is 3. The molecule has 0 saturated heterocycles. The van der Waals surface area contributed by atoms with Crippen LogP contribution in [0.2, 0.25) is 0 Å². The third kappa shape index (κ3) is 3.26. The molecule has 5 rings (SSSR count). The first-order valence-corrected chi connectivity index (χ1v) is 10.4. The molecule has 9 heteroatoms. The molecule has 2 aromatic rings. The second kappa shape index (κ2) is 7.24. The first kappa shape index (κ1) is 20.3. The number of benzene rings is 2.